The van der Waals surface area contributed by atoms with E-state index in [0.29, 0.717) is 5.56 Å². The fourth-order valence-corrected chi connectivity index (χ4v) is 6.48. The van der Waals surface area contributed by atoms with Crippen LogP contribution in [0, 0.1) is 25.2 Å². The van der Waals surface area contributed by atoms with Gasteiger partial charge < -0.3 is 15.0 Å². The fraction of sp³-hybridized carbons (Fsp3) is 0.480. The van der Waals surface area contributed by atoms with E-state index in [1.54, 1.807) is 17.4 Å². The first-order chi connectivity index (χ1) is 15.4. The number of hydrogen-bond donors (Lipinski definition) is 2. The Bertz CT molecular complexity index is 1130. The number of aryl methyl sites for hydroxylation is 2. The molecule has 2 aromatic rings. The predicted octanol–water partition coefficient (Wildman–Crippen LogP) is 5.09. The highest BCUT2D eigenvalue weighted by molar-refractivity contribution is 7.15. The lowest BCUT2D eigenvalue weighted by Gasteiger charge is -2.22. The number of carboxylic acids is 1. The lowest BCUT2D eigenvalue weighted by atomic mass is 9.95. The van der Waals surface area contributed by atoms with Crippen molar-refractivity contribution in [2.45, 2.75) is 77.7 Å². The molecule has 2 aliphatic rings. The van der Waals surface area contributed by atoms with Gasteiger partial charge in [-0.15, -0.1) is 11.3 Å². The third kappa shape index (κ3) is 4.24. The van der Waals surface area contributed by atoms with E-state index in [0.717, 1.165) is 83.8 Å². The summed E-state index contributed by atoms with van der Waals surface area (Å²) in [6, 6.07) is 4.11. The quantitative estimate of drug-likeness (QED) is 0.489. The van der Waals surface area contributed by atoms with Gasteiger partial charge >= 0.3 is 5.97 Å². The maximum atomic E-state index is 12.7. The molecule has 32 heavy (non-hydrogen) atoms. The second kappa shape index (κ2) is 9.33. The summed E-state index contributed by atoms with van der Waals surface area (Å²) < 4.78 is 1.96. The maximum absolute atomic E-state index is 12.7. The minimum absolute atomic E-state index is 0.0831. The molecule has 2 heterocycles. The Hall–Kier alpha value is -2.85. The predicted molar refractivity (Wildman–Crippen MR) is 125 cm³/mol. The first-order valence-corrected chi connectivity index (χ1v) is 12.2. The molecular weight excluding hydrogens is 422 g/mol. The van der Waals surface area contributed by atoms with Gasteiger partial charge in [0.25, 0.3) is 5.91 Å². The van der Waals surface area contributed by atoms with Gasteiger partial charge in [0.1, 0.15) is 16.6 Å². The van der Waals surface area contributed by atoms with E-state index in [9.17, 15) is 20.0 Å². The van der Waals surface area contributed by atoms with Crippen LogP contribution in [0.5, 0.6) is 0 Å². The molecule has 1 amide bonds. The highest BCUT2D eigenvalue weighted by Gasteiger charge is 2.28. The van der Waals surface area contributed by atoms with E-state index in [1.165, 1.54) is 6.42 Å². The van der Waals surface area contributed by atoms with E-state index in [-0.39, 0.29) is 17.5 Å². The molecule has 0 spiro atoms. The Morgan fingerprint density at radius 1 is 1.19 bits per heavy atom. The number of aromatic carboxylic acids is 1. The number of rotatable bonds is 5. The lowest BCUT2D eigenvalue weighted by Crippen LogP contribution is -2.36. The summed E-state index contributed by atoms with van der Waals surface area (Å²) in [7, 11) is 0. The Morgan fingerprint density at radius 2 is 1.91 bits per heavy atom. The van der Waals surface area contributed by atoms with Crippen molar-refractivity contribution in [3.63, 3.8) is 0 Å². The average molecular weight is 452 g/mol. The number of aromatic nitrogens is 1. The molecule has 2 aromatic heterocycles. The molecule has 0 unspecified atom stereocenters. The molecule has 7 heteroatoms. The number of carboxylic acid groups (broad SMARTS) is 1. The molecule has 0 bridgehead atoms. The molecule has 168 valence electrons. The first-order valence-electron chi connectivity index (χ1n) is 11.4. The monoisotopic (exact) mass is 451 g/mol. The van der Waals surface area contributed by atoms with Crippen LogP contribution in [0.15, 0.2) is 11.6 Å². The van der Waals surface area contributed by atoms with Gasteiger partial charge in [-0.05, 0) is 75.6 Å². The Morgan fingerprint density at radius 3 is 2.59 bits per heavy atom. The van der Waals surface area contributed by atoms with Gasteiger partial charge in [0.2, 0.25) is 0 Å². The summed E-state index contributed by atoms with van der Waals surface area (Å²) in [5.41, 5.74) is 3.94. The van der Waals surface area contributed by atoms with Gasteiger partial charge in [-0.1, -0.05) is 19.3 Å². The fourth-order valence-electron chi connectivity index (χ4n) is 4.99. The van der Waals surface area contributed by atoms with Crippen LogP contribution in [0.25, 0.3) is 11.1 Å². The van der Waals surface area contributed by atoms with Crippen molar-refractivity contribution in [2.75, 3.05) is 0 Å². The highest BCUT2D eigenvalue weighted by Crippen LogP contribution is 2.39. The summed E-state index contributed by atoms with van der Waals surface area (Å²) in [4.78, 5) is 26.0. The SMILES string of the molecule is Cc1cc(/C=C(/C#N)C(=O)NC2CCCCC2)c(C)n1-c1sc2c(c1C(=O)O)CCCC2. The van der Waals surface area contributed by atoms with Crippen LogP contribution in [0.3, 0.4) is 0 Å². The molecule has 2 N–H and O–H groups in total. The van der Waals surface area contributed by atoms with Gasteiger partial charge in [0.05, 0.1) is 5.56 Å². The van der Waals surface area contributed by atoms with Crippen LogP contribution < -0.4 is 5.32 Å². The Labute approximate surface area is 192 Å². The zero-order valence-electron chi connectivity index (χ0n) is 18.7. The number of thiophene rings is 1. The molecule has 0 atom stereocenters. The smallest absolute Gasteiger partial charge is 0.339 e. The van der Waals surface area contributed by atoms with Crippen molar-refractivity contribution < 1.29 is 14.7 Å². The number of carbonyl (C=O) groups excluding carboxylic acids is 1. The van der Waals surface area contributed by atoms with Crippen molar-refractivity contribution in [1.82, 2.24) is 9.88 Å². The third-order valence-electron chi connectivity index (χ3n) is 6.65. The zero-order valence-corrected chi connectivity index (χ0v) is 19.5. The largest absolute Gasteiger partial charge is 0.478 e. The van der Waals surface area contributed by atoms with E-state index in [1.807, 2.05) is 24.5 Å². The van der Waals surface area contributed by atoms with E-state index >= 15 is 0 Å². The Balaban J connectivity index is 1.69. The lowest BCUT2D eigenvalue weighted by molar-refractivity contribution is -0.117. The maximum Gasteiger partial charge on any atom is 0.339 e. The van der Waals surface area contributed by atoms with Crippen molar-refractivity contribution in [2.24, 2.45) is 0 Å². The topological polar surface area (TPSA) is 95.1 Å². The molecular formula is C25H29N3O3S. The van der Waals surface area contributed by atoms with Crippen LogP contribution in [0.1, 0.15) is 82.7 Å². The number of amides is 1. The standard InChI is InChI=1S/C25H29N3O3S/c1-15-12-17(13-18(14-26)23(29)27-19-8-4-3-5-9-19)16(2)28(15)24-22(25(30)31)20-10-6-7-11-21(20)32-24/h12-13,19H,3-11H2,1-2H3,(H,27,29)(H,30,31)/b18-13-. The molecule has 0 saturated heterocycles. The Kier molecular flexibility index (Phi) is 6.52. The summed E-state index contributed by atoms with van der Waals surface area (Å²) in [5, 5.41) is 23.3. The van der Waals surface area contributed by atoms with Crippen molar-refractivity contribution in [3.8, 4) is 11.1 Å². The second-order valence-corrected chi connectivity index (χ2v) is 9.92. The minimum atomic E-state index is -0.895. The molecule has 6 nitrogen and oxygen atoms in total. The number of carbonyl (C=O) groups is 2. The number of nitrogens with one attached hydrogen (secondary N) is 1. The van der Waals surface area contributed by atoms with Gasteiger partial charge in [0, 0.05) is 22.3 Å². The number of hydrogen-bond acceptors (Lipinski definition) is 4. The molecule has 0 aliphatic heterocycles. The second-order valence-electron chi connectivity index (χ2n) is 8.84. The van der Waals surface area contributed by atoms with E-state index < -0.39 is 5.97 Å². The minimum Gasteiger partial charge on any atom is -0.478 e. The normalized spacial score (nSPS) is 17.0. The average Bonchev–Trinajstić information content (AvgIpc) is 3.28. The number of nitrogens with zero attached hydrogens (tertiary/aromatic N) is 2. The molecule has 4 rings (SSSR count). The first kappa shape index (κ1) is 22.3. The number of nitriles is 1. The molecule has 0 aromatic carbocycles. The molecule has 1 saturated carbocycles. The van der Waals surface area contributed by atoms with Crippen LogP contribution in [-0.4, -0.2) is 27.6 Å². The third-order valence-corrected chi connectivity index (χ3v) is 7.92. The van der Waals surface area contributed by atoms with Crippen molar-refractivity contribution in [3.05, 3.63) is 44.6 Å². The van der Waals surface area contributed by atoms with Crippen molar-refractivity contribution in [1.29, 1.82) is 5.26 Å². The number of fused-ring (bicyclic) bond motifs is 1. The summed E-state index contributed by atoms with van der Waals surface area (Å²) in [6.45, 7) is 3.85. The van der Waals surface area contributed by atoms with E-state index in [4.69, 9.17) is 0 Å². The highest BCUT2D eigenvalue weighted by atomic mass is 32.1. The summed E-state index contributed by atoms with van der Waals surface area (Å²) >= 11 is 1.56. The van der Waals surface area contributed by atoms with Crippen LogP contribution >= 0.6 is 11.3 Å². The van der Waals surface area contributed by atoms with Gasteiger partial charge in [-0.25, -0.2) is 4.79 Å². The van der Waals surface area contributed by atoms with Crippen LogP contribution in [0.2, 0.25) is 0 Å². The molecule has 1 fully saturated rings. The van der Waals surface area contributed by atoms with Gasteiger partial charge in [0.15, 0.2) is 0 Å². The van der Waals surface area contributed by atoms with Gasteiger partial charge in [-0.3, -0.25) is 4.79 Å². The van der Waals surface area contributed by atoms with Crippen molar-refractivity contribution >= 4 is 29.3 Å². The summed E-state index contributed by atoms with van der Waals surface area (Å²) in [5.74, 6) is -1.23. The molecule has 2 aliphatic carbocycles. The van der Waals surface area contributed by atoms with E-state index in [2.05, 4.69) is 11.4 Å². The molecule has 0 radical (unpaired) electrons. The van der Waals surface area contributed by atoms with Crippen LogP contribution in [-0.2, 0) is 17.6 Å². The van der Waals surface area contributed by atoms with Crippen LogP contribution in [0.4, 0.5) is 0 Å². The summed E-state index contributed by atoms with van der Waals surface area (Å²) in [6.07, 6.45) is 10.8. The van der Waals surface area contributed by atoms with Gasteiger partial charge in [-0.2, -0.15) is 5.26 Å². The zero-order chi connectivity index (χ0) is 22.8.